The molecule has 9 heteroatoms. The molecule has 4 rings (SSSR count). The number of nitrogens with zero attached hydrogens (tertiary/aromatic N) is 4. The molecule has 158 valence electrons. The Morgan fingerprint density at radius 2 is 1.94 bits per heavy atom. The van der Waals surface area contributed by atoms with Gasteiger partial charge in [-0.3, -0.25) is 9.48 Å². The zero-order valence-electron chi connectivity index (χ0n) is 16.7. The number of nitrogens with two attached hydrogens (primary N) is 1. The normalized spacial score (nSPS) is 13.6. The molecular formula is C22H19F2N5O2. The van der Waals surface area contributed by atoms with Crippen LogP contribution in [0.25, 0.3) is 22.4 Å². The maximum absolute atomic E-state index is 14.3. The SMILES string of the molecule is COc1ccc(-c2cn(CC(=O)N3CC(N)C3)nc2-c2ccc(C#N)c(F)c2)cc1F. The highest BCUT2D eigenvalue weighted by molar-refractivity contribution is 5.82. The minimum atomic E-state index is -0.688. The van der Waals surface area contributed by atoms with Crippen LogP contribution in [0.4, 0.5) is 8.78 Å². The van der Waals surface area contributed by atoms with Crippen molar-refractivity contribution in [1.82, 2.24) is 14.7 Å². The predicted molar refractivity (Wildman–Crippen MR) is 109 cm³/mol. The molecule has 1 aliphatic heterocycles. The van der Waals surface area contributed by atoms with Crippen LogP contribution < -0.4 is 10.5 Å². The van der Waals surface area contributed by atoms with Crippen molar-refractivity contribution in [1.29, 1.82) is 5.26 Å². The van der Waals surface area contributed by atoms with E-state index in [0.29, 0.717) is 35.5 Å². The third-order valence-electron chi connectivity index (χ3n) is 5.15. The average Bonchev–Trinajstić information content (AvgIpc) is 3.15. The molecule has 1 aromatic heterocycles. The molecular weight excluding hydrogens is 404 g/mol. The van der Waals surface area contributed by atoms with Crippen LogP contribution in [0.1, 0.15) is 5.56 Å². The van der Waals surface area contributed by atoms with Crippen LogP contribution >= 0.6 is 0 Å². The lowest BCUT2D eigenvalue weighted by Gasteiger charge is -2.36. The van der Waals surface area contributed by atoms with Crippen molar-refractivity contribution in [2.45, 2.75) is 12.6 Å². The fourth-order valence-corrected chi connectivity index (χ4v) is 3.47. The molecule has 2 aromatic carbocycles. The van der Waals surface area contributed by atoms with Gasteiger partial charge in [-0.1, -0.05) is 12.1 Å². The molecule has 1 aliphatic rings. The Bertz CT molecular complexity index is 1200. The van der Waals surface area contributed by atoms with E-state index >= 15 is 0 Å². The zero-order valence-corrected chi connectivity index (χ0v) is 16.7. The maximum atomic E-state index is 14.3. The molecule has 0 spiro atoms. The van der Waals surface area contributed by atoms with Crippen molar-refractivity contribution < 1.29 is 18.3 Å². The van der Waals surface area contributed by atoms with E-state index in [1.54, 1.807) is 29.3 Å². The lowest BCUT2D eigenvalue weighted by Crippen LogP contribution is -2.58. The lowest BCUT2D eigenvalue weighted by atomic mass is 10.0. The van der Waals surface area contributed by atoms with Gasteiger partial charge in [-0.25, -0.2) is 8.78 Å². The van der Waals surface area contributed by atoms with Gasteiger partial charge in [0.25, 0.3) is 0 Å². The van der Waals surface area contributed by atoms with Gasteiger partial charge in [0.15, 0.2) is 11.6 Å². The largest absolute Gasteiger partial charge is 0.494 e. The smallest absolute Gasteiger partial charge is 0.244 e. The van der Waals surface area contributed by atoms with Gasteiger partial charge in [0.1, 0.15) is 24.1 Å². The number of nitriles is 1. The number of likely N-dealkylation sites (tertiary alicyclic amines) is 1. The summed E-state index contributed by atoms with van der Waals surface area (Å²) in [4.78, 5) is 14.1. The number of rotatable bonds is 5. The summed E-state index contributed by atoms with van der Waals surface area (Å²) in [5, 5.41) is 13.4. The van der Waals surface area contributed by atoms with Gasteiger partial charge in [0, 0.05) is 36.5 Å². The van der Waals surface area contributed by atoms with Crippen LogP contribution in [-0.4, -0.2) is 46.8 Å². The highest BCUT2D eigenvalue weighted by Crippen LogP contribution is 2.34. The van der Waals surface area contributed by atoms with Gasteiger partial charge < -0.3 is 15.4 Å². The minimum Gasteiger partial charge on any atom is -0.494 e. The molecule has 1 fully saturated rings. The van der Waals surface area contributed by atoms with Crippen molar-refractivity contribution in [3.05, 3.63) is 59.8 Å². The third-order valence-corrected chi connectivity index (χ3v) is 5.15. The summed E-state index contributed by atoms with van der Waals surface area (Å²) in [5.74, 6) is -1.30. The van der Waals surface area contributed by atoms with E-state index in [1.165, 1.54) is 36.1 Å². The molecule has 1 amide bonds. The fraction of sp³-hybridized carbons (Fsp3) is 0.227. The number of methoxy groups -OCH3 is 1. The van der Waals surface area contributed by atoms with E-state index in [-0.39, 0.29) is 29.8 Å². The van der Waals surface area contributed by atoms with E-state index < -0.39 is 11.6 Å². The minimum absolute atomic E-state index is 0.0170. The van der Waals surface area contributed by atoms with Crippen molar-refractivity contribution in [3.8, 4) is 34.2 Å². The maximum Gasteiger partial charge on any atom is 0.244 e. The van der Waals surface area contributed by atoms with E-state index in [1.807, 2.05) is 0 Å². The lowest BCUT2D eigenvalue weighted by molar-refractivity contribution is -0.136. The van der Waals surface area contributed by atoms with Crippen molar-refractivity contribution in [3.63, 3.8) is 0 Å². The molecule has 0 radical (unpaired) electrons. The van der Waals surface area contributed by atoms with Crippen LogP contribution in [-0.2, 0) is 11.3 Å². The number of carbonyl (C=O) groups is 1. The Labute approximate surface area is 177 Å². The van der Waals surface area contributed by atoms with Crippen LogP contribution in [0.2, 0.25) is 0 Å². The average molecular weight is 423 g/mol. The molecule has 0 atom stereocenters. The molecule has 0 unspecified atom stereocenters. The third kappa shape index (κ3) is 3.98. The first-order chi connectivity index (χ1) is 14.9. The van der Waals surface area contributed by atoms with Gasteiger partial charge in [-0.05, 0) is 29.8 Å². The molecule has 3 aromatic rings. The summed E-state index contributed by atoms with van der Waals surface area (Å²) in [6, 6.07) is 10.3. The van der Waals surface area contributed by atoms with Gasteiger partial charge in [0.05, 0.1) is 12.7 Å². The Hall–Kier alpha value is -3.77. The summed E-state index contributed by atoms with van der Waals surface area (Å²) >= 11 is 0. The Balaban J connectivity index is 1.75. The van der Waals surface area contributed by atoms with Crippen LogP contribution in [0.15, 0.2) is 42.6 Å². The highest BCUT2D eigenvalue weighted by Gasteiger charge is 2.28. The van der Waals surface area contributed by atoms with E-state index in [4.69, 9.17) is 15.7 Å². The monoisotopic (exact) mass is 423 g/mol. The molecule has 0 saturated carbocycles. The van der Waals surface area contributed by atoms with E-state index in [9.17, 15) is 13.6 Å². The Kier molecular flexibility index (Phi) is 5.40. The predicted octanol–water partition coefficient (Wildman–Crippen LogP) is 2.55. The summed E-state index contributed by atoms with van der Waals surface area (Å²) in [6.07, 6.45) is 1.62. The number of hydrogen-bond donors (Lipinski definition) is 1. The zero-order chi connectivity index (χ0) is 22.1. The van der Waals surface area contributed by atoms with Crippen LogP contribution in [0.3, 0.4) is 0 Å². The van der Waals surface area contributed by atoms with Crippen LogP contribution in [0, 0.1) is 23.0 Å². The first-order valence-electron chi connectivity index (χ1n) is 9.54. The summed E-state index contributed by atoms with van der Waals surface area (Å²) < 4.78 is 35.0. The number of benzene rings is 2. The van der Waals surface area contributed by atoms with Gasteiger partial charge in [0.2, 0.25) is 5.91 Å². The molecule has 0 aliphatic carbocycles. The summed E-state index contributed by atoms with van der Waals surface area (Å²) in [5.41, 5.74) is 7.41. The highest BCUT2D eigenvalue weighted by atomic mass is 19.1. The molecule has 7 nitrogen and oxygen atoms in total. The second-order valence-electron chi connectivity index (χ2n) is 7.30. The van der Waals surface area contributed by atoms with E-state index in [2.05, 4.69) is 5.10 Å². The number of halogens is 2. The first-order valence-corrected chi connectivity index (χ1v) is 9.54. The summed E-state index contributed by atoms with van der Waals surface area (Å²) in [7, 11) is 1.37. The first kappa shape index (κ1) is 20.5. The molecule has 0 bridgehead atoms. The standard InChI is InChI=1S/C22H19F2N5O2/c1-31-20-5-4-13(6-19(20)24)17-11-29(12-21(30)28-9-16(26)10-28)27-22(17)14-2-3-15(8-25)18(23)7-14/h2-7,11,16H,9-10,12,26H2,1H3. The van der Waals surface area contributed by atoms with E-state index in [0.717, 1.165) is 0 Å². The Morgan fingerprint density at radius 1 is 1.23 bits per heavy atom. The quantitative estimate of drug-likeness (QED) is 0.680. The number of hydrogen-bond acceptors (Lipinski definition) is 5. The second-order valence-corrected chi connectivity index (χ2v) is 7.30. The number of amides is 1. The second kappa shape index (κ2) is 8.16. The van der Waals surface area contributed by atoms with Crippen molar-refractivity contribution >= 4 is 5.91 Å². The number of carbonyl (C=O) groups excluding carboxylic acids is 1. The van der Waals surface area contributed by atoms with Gasteiger partial charge in [-0.15, -0.1) is 0 Å². The fourth-order valence-electron chi connectivity index (χ4n) is 3.47. The molecule has 2 N–H and O–H groups in total. The topological polar surface area (TPSA) is 97.2 Å². The molecule has 31 heavy (non-hydrogen) atoms. The number of aromatic nitrogens is 2. The Morgan fingerprint density at radius 3 is 2.55 bits per heavy atom. The van der Waals surface area contributed by atoms with Crippen molar-refractivity contribution in [2.75, 3.05) is 20.2 Å². The van der Waals surface area contributed by atoms with Gasteiger partial charge >= 0.3 is 0 Å². The summed E-state index contributed by atoms with van der Waals surface area (Å²) in [6.45, 7) is 0.950. The van der Waals surface area contributed by atoms with Gasteiger partial charge in [-0.2, -0.15) is 10.4 Å². The molecule has 2 heterocycles. The molecule has 1 saturated heterocycles. The number of ether oxygens (including phenoxy) is 1. The van der Waals surface area contributed by atoms with Crippen molar-refractivity contribution in [2.24, 2.45) is 5.73 Å². The van der Waals surface area contributed by atoms with Crippen LogP contribution in [0.5, 0.6) is 5.75 Å².